The van der Waals surface area contributed by atoms with Crippen molar-refractivity contribution in [3.05, 3.63) is 18.1 Å². The van der Waals surface area contributed by atoms with Gasteiger partial charge >= 0.3 is 0 Å². The van der Waals surface area contributed by atoms with Gasteiger partial charge in [-0.3, -0.25) is 4.79 Å². The number of fused-ring (bicyclic) bond motifs is 1. The summed E-state index contributed by atoms with van der Waals surface area (Å²) in [6, 6.07) is 0. The summed E-state index contributed by atoms with van der Waals surface area (Å²) < 4.78 is 7.36. The van der Waals surface area contributed by atoms with Crippen molar-refractivity contribution in [2.45, 2.75) is 43.7 Å². The second kappa shape index (κ2) is 6.88. The topological polar surface area (TPSA) is 146 Å². The van der Waals surface area contributed by atoms with Crippen LogP contribution in [0, 0.1) is 5.53 Å². The fourth-order valence-electron chi connectivity index (χ4n) is 3.17. The van der Waals surface area contributed by atoms with Crippen LogP contribution in [0.1, 0.15) is 25.6 Å². The van der Waals surface area contributed by atoms with Gasteiger partial charge in [-0.25, -0.2) is 15.5 Å². The van der Waals surface area contributed by atoms with Crippen molar-refractivity contribution < 1.29 is 19.7 Å². The zero-order valence-electron chi connectivity index (χ0n) is 14.2. The van der Waals surface area contributed by atoms with Crippen LogP contribution in [0.4, 0.5) is 5.82 Å². The molecule has 10 nitrogen and oxygen atoms in total. The SMILES string of the molecule is CC(=O)Nc1ncnc2c1c(CN=N)cn2[C@@H]1OC(CO)C(O)[C@@]1(C)Cl. The summed E-state index contributed by atoms with van der Waals surface area (Å²) in [5.41, 5.74) is 8.18. The van der Waals surface area contributed by atoms with Gasteiger partial charge in [-0.2, -0.15) is 5.11 Å². The number of carbonyl (C=O) groups is 1. The van der Waals surface area contributed by atoms with Gasteiger partial charge in [0.2, 0.25) is 5.91 Å². The highest BCUT2D eigenvalue weighted by Crippen LogP contribution is 2.45. The first-order valence-corrected chi connectivity index (χ1v) is 8.27. The van der Waals surface area contributed by atoms with E-state index in [4.69, 9.17) is 21.9 Å². The lowest BCUT2D eigenvalue weighted by Crippen LogP contribution is -2.39. The van der Waals surface area contributed by atoms with E-state index in [0.717, 1.165) is 0 Å². The molecule has 1 saturated heterocycles. The number of aliphatic hydroxyl groups excluding tert-OH is 2. The van der Waals surface area contributed by atoms with E-state index < -0.39 is 23.3 Å². The molecule has 0 aliphatic carbocycles. The van der Waals surface area contributed by atoms with Gasteiger partial charge in [0.15, 0.2) is 6.23 Å². The highest BCUT2D eigenvalue weighted by molar-refractivity contribution is 6.24. The van der Waals surface area contributed by atoms with Crippen molar-refractivity contribution in [1.82, 2.24) is 14.5 Å². The van der Waals surface area contributed by atoms with Crippen LogP contribution in [-0.4, -0.2) is 54.3 Å². The Kier molecular flexibility index (Phi) is 4.93. The number of aromatic nitrogens is 3. The number of hydrogen-bond donors (Lipinski definition) is 4. The summed E-state index contributed by atoms with van der Waals surface area (Å²) in [6.07, 6.45) is 0.157. The molecule has 1 fully saturated rings. The van der Waals surface area contributed by atoms with Crippen molar-refractivity contribution in [2.75, 3.05) is 11.9 Å². The second-order valence-corrected chi connectivity index (χ2v) is 7.10. The van der Waals surface area contributed by atoms with Crippen molar-refractivity contribution in [2.24, 2.45) is 5.11 Å². The Morgan fingerprint density at radius 1 is 1.58 bits per heavy atom. The molecule has 11 heteroatoms. The number of halogens is 1. The van der Waals surface area contributed by atoms with Crippen LogP contribution in [0.15, 0.2) is 17.6 Å². The molecule has 1 aliphatic rings. The zero-order valence-corrected chi connectivity index (χ0v) is 14.9. The van der Waals surface area contributed by atoms with Gasteiger partial charge in [-0.1, -0.05) is 0 Å². The molecule has 4 N–H and O–H groups in total. The van der Waals surface area contributed by atoms with Crippen LogP contribution in [0.3, 0.4) is 0 Å². The molecule has 1 aliphatic heterocycles. The lowest BCUT2D eigenvalue weighted by molar-refractivity contribution is -0.114. The van der Waals surface area contributed by atoms with Crippen LogP contribution in [0.25, 0.3) is 11.0 Å². The largest absolute Gasteiger partial charge is 0.394 e. The molecule has 26 heavy (non-hydrogen) atoms. The summed E-state index contributed by atoms with van der Waals surface area (Å²) in [4.78, 5) is 18.6. The number of alkyl halides is 1. The van der Waals surface area contributed by atoms with E-state index in [1.54, 1.807) is 17.7 Å². The second-order valence-electron chi connectivity index (χ2n) is 6.29. The highest BCUT2D eigenvalue weighted by atomic mass is 35.5. The van der Waals surface area contributed by atoms with Gasteiger partial charge in [0.05, 0.1) is 18.5 Å². The summed E-state index contributed by atoms with van der Waals surface area (Å²) in [5.74, 6) is -0.0185. The zero-order chi connectivity index (χ0) is 19.1. The van der Waals surface area contributed by atoms with E-state index in [2.05, 4.69) is 20.4 Å². The van der Waals surface area contributed by atoms with E-state index in [1.165, 1.54) is 13.3 Å². The first-order valence-electron chi connectivity index (χ1n) is 7.89. The number of anilines is 1. The predicted molar refractivity (Wildman–Crippen MR) is 91.9 cm³/mol. The number of rotatable bonds is 5. The molecule has 2 aromatic heterocycles. The normalized spacial score (nSPS) is 28.4. The average molecular weight is 383 g/mol. The van der Waals surface area contributed by atoms with Gasteiger partial charge in [-0.05, 0) is 6.92 Å². The van der Waals surface area contributed by atoms with Gasteiger partial charge in [0.1, 0.15) is 34.9 Å². The molecule has 2 aromatic rings. The van der Waals surface area contributed by atoms with E-state index >= 15 is 0 Å². The lowest BCUT2D eigenvalue weighted by Gasteiger charge is -2.26. The van der Waals surface area contributed by atoms with Crippen LogP contribution >= 0.6 is 11.6 Å². The Hall–Kier alpha value is -2.14. The van der Waals surface area contributed by atoms with Crippen LogP contribution in [-0.2, 0) is 16.1 Å². The average Bonchev–Trinajstić information content (AvgIpc) is 3.04. The first-order chi connectivity index (χ1) is 12.3. The van der Waals surface area contributed by atoms with Gasteiger partial charge in [-0.15, -0.1) is 11.6 Å². The summed E-state index contributed by atoms with van der Waals surface area (Å²) in [6.45, 7) is 2.62. The van der Waals surface area contributed by atoms with Crippen molar-refractivity contribution in [1.29, 1.82) is 5.53 Å². The quantitative estimate of drug-likeness (QED) is 0.451. The highest BCUT2D eigenvalue weighted by Gasteiger charge is 2.53. The number of amides is 1. The molecule has 0 saturated carbocycles. The van der Waals surface area contributed by atoms with Crippen LogP contribution in [0.5, 0.6) is 0 Å². The van der Waals surface area contributed by atoms with E-state index in [-0.39, 0.29) is 24.9 Å². The molecule has 3 rings (SSSR count). The standard InChI is InChI=1S/C15H19ClN6O4/c1-7(24)21-12-10-8(3-20-17)4-22(13(10)19-6-18-12)14-15(2,16)11(25)9(5-23)26-14/h4,6,9,11,14,17,23,25H,3,5H2,1-2H3,(H,18,19,21,24)/t9?,11?,14-,15-/m1/s1. The third-order valence-corrected chi connectivity index (χ3v) is 4.79. The summed E-state index contributed by atoms with van der Waals surface area (Å²) >= 11 is 6.52. The minimum Gasteiger partial charge on any atom is -0.394 e. The van der Waals surface area contributed by atoms with E-state index in [9.17, 15) is 15.0 Å². The smallest absolute Gasteiger partial charge is 0.222 e. The number of ether oxygens (including phenoxy) is 1. The molecular formula is C15H19ClN6O4. The summed E-state index contributed by atoms with van der Waals surface area (Å²) in [7, 11) is 0. The monoisotopic (exact) mass is 382 g/mol. The minimum atomic E-state index is -1.23. The fraction of sp³-hybridized carbons (Fsp3) is 0.533. The molecule has 2 unspecified atom stereocenters. The Labute approximate surface area is 153 Å². The molecule has 140 valence electrons. The number of carbonyl (C=O) groups excluding carboxylic acids is 1. The Balaban J connectivity index is 2.18. The van der Waals surface area contributed by atoms with Crippen molar-refractivity contribution in [3.63, 3.8) is 0 Å². The number of nitrogens with one attached hydrogen (secondary N) is 2. The van der Waals surface area contributed by atoms with Crippen LogP contribution < -0.4 is 5.32 Å². The Bertz CT molecular complexity index is 854. The van der Waals surface area contributed by atoms with Gasteiger partial charge in [0, 0.05) is 18.7 Å². The molecule has 0 aromatic carbocycles. The first kappa shape index (κ1) is 18.6. The third-order valence-electron chi connectivity index (χ3n) is 4.38. The molecule has 0 bridgehead atoms. The van der Waals surface area contributed by atoms with Gasteiger partial charge < -0.3 is 24.8 Å². The third kappa shape index (κ3) is 2.94. The summed E-state index contributed by atoms with van der Waals surface area (Å²) in [5, 5.41) is 26.3. The van der Waals surface area contributed by atoms with Gasteiger partial charge in [0.25, 0.3) is 0 Å². The predicted octanol–water partition coefficient (Wildman–Crippen LogP) is 1.17. The minimum absolute atomic E-state index is 0.0428. The molecule has 1 amide bonds. The lowest BCUT2D eigenvalue weighted by atomic mass is 10.0. The number of nitrogens with zero attached hydrogens (tertiary/aromatic N) is 4. The number of hydrogen-bond acceptors (Lipinski definition) is 8. The maximum Gasteiger partial charge on any atom is 0.222 e. The van der Waals surface area contributed by atoms with Crippen LogP contribution in [0.2, 0.25) is 0 Å². The molecular weight excluding hydrogens is 364 g/mol. The maximum atomic E-state index is 11.5. The van der Waals surface area contributed by atoms with E-state index in [1.807, 2.05) is 0 Å². The molecule has 3 heterocycles. The fourth-order valence-corrected chi connectivity index (χ4v) is 3.47. The molecule has 0 spiro atoms. The molecule has 0 radical (unpaired) electrons. The number of aliphatic hydroxyl groups is 2. The maximum absolute atomic E-state index is 11.5. The Morgan fingerprint density at radius 2 is 2.31 bits per heavy atom. The van der Waals surface area contributed by atoms with Crippen molar-refractivity contribution >= 4 is 34.4 Å². The Morgan fingerprint density at radius 3 is 2.88 bits per heavy atom. The van der Waals surface area contributed by atoms with E-state index in [0.29, 0.717) is 16.6 Å². The molecule has 4 atom stereocenters. The van der Waals surface area contributed by atoms with Crippen molar-refractivity contribution in [3.8, 4) is 0 Å².